The summed E-state index contributed by atoms with van der Waals surface area (Å²) in [6.07, 6.45) is 4.13. The maximum atomic E-state index is 13.2. The molecule has 1 aliphatic heterocycles. The number of fused-ring (bicyclic) bond motifs is 1. The van der Waals surface area contributed by atoms with Crippen molar-refractivity contribution in [3.05, 3.63) is 71.2 Å². The van der Waals surface area contributed by atoms with Crippen molar-refractivity contribution < 1.29 is 4.79 Å². The van der Waals surface area contributed by atoms with Gasteiger partial charge in [-0.3, -0.25) is 9.78 Å². The number of piperazine rings is 1. The van der Waals surface area contributed by atoms with Gasteiger partial charge in [-0.15, -0.1) is 11.3 Å². The zero-order valence-electron chi connectivity index (χ0n) is 19.8. The fourth-order valence-corrected chi connectivity index (χ4v) is 5.61. The zero-order chi connectivity index (χ0) is 23.9. The topological polar surface area (TPSA) is 74.5 Å². The molecule has 2 fully saturated rings. The number of benzene rings is 2. The van der Waals surface area contributed by atoms with Crippen LogP contribution < -0.4 is 16.0 Å². The third kappa shape index (κ3) is 4.37. The molecular formula is C28H29N5OS. The Labute approximate surface area is 209 Å². The minimum Gasteiger partial charge on any atom is -0.397 e. The molecule has 35 heavy (non-hydrogen) atoms. The first kappa shape index (κ1) is 22.1. The lowest BCUT2D eigenvalue weighted by atomic mass is 10.0. The number of nitrogens with zero attached hydrogens (tertiary/aromatic N) is 3. The summed E-state index contributed by atoms with van der Waals surface area (Å²) >= 11 is 1.66. The summed E-state index contributed by atoms with van der Waals surface area (Å²) in [5.41, 5.74) is 12.6. The lowest BCUT2D eigenvalue weighted by Crippen LogP contribution is -2.44. The molecule has 0 radical (unpaired) electrons. The van der Waals surface area contributed by atoms with Gasteiger partial charge in [-0.1, -0.05) is 18.2 Å². The molecule has 0 bridgehead atoms. The Hall–Kier alpha value is -3.42. The Balaban J connectivity index is 1.30. The Kier molecular flexibility index (Phi) is 5.66. The molecule has 6 rings (SSSR count). The van der Waals surface area contributed by atoms with E-state index < -0.39 is 0 Å². The second-order valence-corrected chi connectivity index (χ2v) is 10.5. The number of nitrogens with two attached hydrogens (primary N) is 1. The Morgan fingerprint density at radius 3 is 2.66 bits per heavy atom. The number of hydrogen-bond acceptors (Lipinski definition) is 6. The number of likely N-dealkylation sites (N-methyl/N-ethyl adjacent to an activating group) is 1. The number of aromatic nitrogens is 1. The van der Waals surface area contributed by atoms with E-state index in [-0.39, 0.29) is 5.91 Å². The van der Waals surface area contributed by atoms with Crippen LogP contribution in [-0.4, -0.2) is 49.0 Å². The summed E-state index contributed by atoms with van der Waals surface area (Å²) in [6, 6.07) is 16.1. The monoisotopic (exact) mass is 483 g/mol. The Morgan fingerprint density at radius 1 is 1.09 bits per heavy atom. The van der Waals surface area contributed by atoms with E-state index in [1.54, 1.807) is 17.5 Å². The fourth-order valence-electron chi connectivity index (χ4n) is 4.89. The first-order valence-corrected chi connectivity index (χ1v) is 13.1. The van der Waals surface area contributed by atoms with Crippen molar-refractivity contribution in [2.45, 2.75) is 18.8 Å². The molecular weight excluding hydrogens is 454 g/mol. The maximum Gasteiger partial charge on any atom is 0.257 e. The van der Waals surface area contributed by atoms with E-state index in [1.807, 2.05) is 35.7 Å². The molecule has 4 aromatic rings. The molecule has 2 aromatic carbocycles. The summed E-state index contributed by atoms with van der Waals surface area (Å²) in [6.45, 7) is 4.22. The quantitative estimate of drug-likeness (QED) is 0.371. The number of carbonyl (C=O) groups excluding carboxylic acids is 1. The van der Waals surface area contributed by atoms with Crippen LogP contribution in [0.5, 0.6) is 0 Å². The van der Waals surface area contributed by atoms with Crippen molar-refractivity contribution in [1.29, 1.82) is 0 Å². The van der Waals surface area contributed by atoms with Crippen LogP contribution in [0, 0.1) is 0 Å². The number of nitrogen functional groups attached to an aromatic ring is 1. The van der Waals surface area contributed by atoms with E-state index >= 15 is 0 Å². The lowest BCUT2D eigenvalue weighted by Gasteiger charge is -2.35. The third-order valence-corrected chi connectivity index (χ3v) is 7.99. The van der Waals surface area contributed by atoms with E-state index in [2.05, 4.69) is 40.4 Å². The standard InChI is InChI=1S/C28H29N5OS/c1-32-10-12-33(13-11-32)24-9-7-20-15-21(17-30-27(20)26(24)18-4-5-18)28(34)31-23-16-19(6-8-22(23)29)25-3-2-14-35-25/h2-3,6-9,14-18H,4-5,10-13,29H2,1H3,(H,31,34). The van der Waals surface area contributed by atoms with Gasteiger partial charge in [-0.2, -0.15) is 0 Å². The highest BCUT2D eigenvalue weighted by molar-refractivity contribution is 7.13. The van der Waals surface area contributed by atoms with E-state index in [4.69, 9.17) is 10.7 Å². The normalized spacial score (nSPS) is 16.5. The van der Waals surface area contributed by atoms with Crippen LogP contribution in [0.4, 0.5) is 17.1 Å². The van der Waals surface area contributed by atoms with Crippen molar-refractivity contribution >= 4 is 45.2 Å². The van der Waals surface area contributed by atoms with Gasteiger partial charge >= 0.3 is 0 Å². The van der Waals surface area contributed by atoms with Crippen LogP contribution in [0.15, 0.2) is 60.1 Å². The first-order chi connectivity index (χ1) is 17.1. The molecule has 3 heterocycles. The molecule has 178 valence electrons. The summed E-state index contributed by atoms with van der Waals surface area (Å²) in [4.78, 5) is 24.0. The number of amides is 1. The summed E-state index contributed by atoms with van der Waals surface area (Å²) < 4.78 is 0. The van der Waals surface area contributed by atoms with E-state index in [0.717, 1.165) is 47.5 Å². The lowest BCUT2D eigenvalue weighted by molar-refractivity contribution is 0.102. The molecule has 1 aliphatic carbocycles. The molecule has 0 unspecified atom stereocenters. The van der Waals surface area contributed by atoms with Gasteiger partial charge in [0.1, 0.15) is 0 Å². The van der Waals surface area contributed by atoms with Gasteiger partial charge in [0.05, 0.1) is 22.5 Å². The molecule has 1 amide bonds. The summed E-state index contributed by atoms with van der Waals surface area (Å²) in [5.74, 6) is 0.367. The van der Waals surface area contributed by atoms with Crippen LogP contribution in [0.2, 0.25) is 0 Å². The summed E-state index contributed by atoms with van der Waals surface area (Å²) in [5, 5.41) is 6.05. The van der Waals surface area contributed by atoms with Crippen LogP contribution in [0.25, 0.3) is 21.3 Å². The number of pyridine rings is 1. The Morgan fingerprint density at radius 2 is 1.91 bits per heavy atom. The van der Waals surface area contributed by atoms with Crippen LogP contribution in [0.3, 0.4) is 0 Å². The molecule has 2 aliphatic rings. The second-order valence-electron chi connectivity index (χ2n) is 9.59. The van der Waals surface area contributed by atoms with E-state index in [9.17, 15) is 4.79 Å². The zero-order valence-corrected chi connectivity index (χ0v) is 20.6. The Bertz CT molecular complexity index is 1390. The van der Waals surface area contributed by atoms with Gasteiger partial charge in [0.15, 0.2) is 0 Å². The molecule has 1 saturated heterocycles. The predicted octanol–water partition coefficient (Wildman–Crippen LogP) is 5.43. The highest BCUT2D eigenvalue weighted by Gasteiger charge is 2.31. The van der Waals surface area contributed by atoms with Crippen LogP contribution in [0.1, 0.15) is 34.7 Å². The second kappa shape index (κ2) is 8.98. The molecule has 0 atom stereocenters. The van der Waals surface area contributed by atoms with Gasteiger partial charge in [0.2, 0.25) is 0 Å². The van der Waals surface area contributed by atoms with Gasteiger partial charge in [-0.05, 0) is 67.1 Å². The van der Waals surface area contributed by atoms with Crippen molar-refractivity contribution in [1.82, 2.24) is 9.88 Å². The minimum absolute atomic E-state index is 0.203. The average Bonchev–Trinajstić information content (AvgIpc) is 3.57. The van der Waals surface area contributed by atoms with Gasteiger partial charge in [-0.25, -0.2) is 0 Å². The molecule has 3 N–H and O–H groups in total. The predicted molar refractivity (Wildman–Crippen MR) is 146 cm³/mol. The van der Waals surface area contributed by atoms with Gasteiger partial charge in [0.25, 0.3) is 5.91 Å². The first-order valence-electron chi connectivity index (χ1n) is 12.2. The van der Waals surface area contributed by atoms with Crippen molar-refractivity contribution in [3.63, 3.8) is 0 Å². The van der Waals surface area contributed by atoms with E-state index in [0.29, 0.717) is 22.9 Å². The fraction of sp³-hybridized carbons (Fsp3) is 0.286. The molecule has 2 aromatic heterocycles. The highest BCUT2D eigenvalue weighted by Crippen LogP contribution is 2.47. The highest BCUT2D eigenvalue weighted by atomic mass is 32.1. The van der Waals surface area contributed by atoms with Gasteiger partial charge < -0.3 is 20.9 Å². The van der Waals surface area contributed by atoms with Gasteiger partial charge in [0, 0.05) is 53.9 Å². The molecule has 6 nitrogen and oxygen atoms in total. The SMILES string of the molecule is CN1CCN(c2ccc3cc(C(=O)Nc4cc(-c5cccs5)ccc4N)cnc3c2C2CC2)CC1. The minimum atomic E-state index is -0.203. The van der Waals surface area contributed by atoms with Crippen LogP contribution in [-0.2, 0) is 0 Å². The number of carbonyl (C=O) groups is 1. The molecule has 1 saturated carbocycles. The largest absolute Gasteiger partial charge is 0.397 e. The smallest absolute Gasteiger partial charge is 0.257 e. The summed E-state index contributed by atoms with van der Waals surface area (Å²) in [7, 11) is 2.18. The van der Waals surface area contributed by atoms with Crippen LogP contribution >= 0.6 is 11.3 Å². The number of rotatable bonds is 5. The number of nitrogens with one attached hydrogen (secondary N) is 1. The van der Waals surface area contributed by atoms with Crippen molar-refractivity contribution in [2.75, 3.05) is 49.2 Å². The van der Waals surface area contributed by atoms with Crippen molar-refractivity contribution in [3.8, 4) is 10.4 Å². The maximum absolute atomic E-state index is 13.2. The molecule has 0 spiro atoms. The number of hydrogen-bond donors (Lipinski definition) is 2. The average molecular weight is 484 g/mol. The third-order valence-electron chi connectivity index (χ3n) is 7.07. The van der Waals surface area contributed by atoms with Crippen molar-refractivity contribution in [2.24, 2.45) is 0 Å². The van der Waals surface area contributed by atoms with E-state index in [1.165, 1.54) is 24.1 Å². The number of anilines is 3. The number of thiophene rings is 1. The molecule has 7 heteroatoms.